The molecule has 0 unspecified atom stereocenters. The molecule has 2 rings (SSSR count). The number of aromatic amines is 1. The van der Waals surface area contributed by atoms with E-state index in [-0.39, 0.29) is 5.82 Å². The first-order valence-corrected chi connectivity index (χ1v) is 8.33. The van der Waals surface area contributed by atoms with Crippen LogP contribution in [0.2, 0.25) is 0 Å². The molecular formula is C14H14BrFN2S2. The summed E-state index contributed by atoms with van der Waals surface area (Å²) < 4.78 is 14.9. The second kappa shape index (κ2) is 6.83. The summed E-state index contributed by atoms with van der Waals surface area (Å²) in [5.74, 6) is 1.41. The van der Waals surface area contributed by atoms with Crippen LogP contribution in [-0.4, -0.2) is 9.97 Å². The summed E-state index contributed by atoms with van der Waals surface area (Å²) >= 11 is 10.1. The van der Waals surface area contributed by atoms with Crippen LogP contribution >= 0.6 is 39.9 Å². The molecule has 0 aliphatic rings. The molecule has 0 saturated heterocycles. The van der Waals surface area contributed by atoms with Crippen LogP contribution in [0, 0.1) is 10.5 Å². The Morgan fingerprint density at radius 1 is 1.40 bits per heavy atom. The van der Waals surface area contributed by atoms with Gasteiger partial charge in [0, 0.05) is 10.6 Å². The lowest BCUT2D eigenvalue weighted by atomic mass is 10.1. The fraction of sp³-hybridized carbons (Fsp3) is 0.286. The number of H-pyrrole nitrogens is 1. The summed E-state index contributed by atoms with van der Waals surface area (Å²) in [5, 5.41) is 0. The van der Waals surface area contributed by atoms with Gasteiger partial charge in [-0.05, 0) is 34.0 Å². The summed E-state index contributed by atoms with van der Waals surface area (Å²) in [6.07, 6.45) is 0. The third-order valence-corrected chi connectivity index (χ3v) is 5.14. The van der Waals surface area contributed by atoms with Crippen LogP contribution in [0.5, 0.6) is 0 Å². The van der Waals surface area contributed by atoms with Crippen LogP contribution in [0.4, 0.5) is 4.39 Å². The maximum absolute atomic E-state index is 13.6. The zero-order valence-corrected chi connectivity index (χ0v) is 14.3. The van der Waals surface area contributed by atoms with Gasteiger partial charge in [0.25, 0.3) is 0 Å². The normalized spacial score (nSPS) is 11.1. The lowest BCUT2D eigenvalue weighted by molar-refractivity contribution is 0.602. The lowest BCUT2D eigenvalue weighted by Gasteiger charge is -2.11. The number of rotatable bonds is 4. The minimum atomic E-state index is -0.211. The maximum atomic E-state index is 13.6. The highest BCUT2D eigenvalue weighted by Gasteiger charge is 2.10. The number of thioether (sulfide) groups is 1. The zero-order chi connectivity index (χ0) is 14.7. The molecule has 0 aliphatic carbocycles. The van der Waals surface area contributed by atoms with Gasteiger partial charge in [0.15, 0.2) is 0 Å². The van der Waals surface area contributed by atoms with Crippen molar-refractivity contribution in [3.05, 3.63) is 50.7 Å². The second-order valence-electron chi connectivity index (χ2n) is 4.59. The van der Waals surface area contributed by atoms with E-state index in [9.17, 15) is 4.39 Å². The number of hydrogen-bond acceptors (Lipinski definition) is 3. The Hall–Kier alpha value is -0.720. The minimum absolute atomic E-state index is 0.211. The molecular weight excluding hydrogens is 359 g/mol. The van der Waals surface area contributed by atoms with Gasteiger partial charge in [-0.3, -0.25) is 0 Å². The molecule has 0 radical (unpaired) electrons. The SMILES string of the molecule is CC(C)c1[nH]c(CSc2ccccc2F)nc(=S)c1Br. The third-order valence-electron chi connectivity index (χ3n) is 2.72. The van der Waals surface area contributed by atoms with Crippen molar-refractivity contribution >= 4 is 39.9 Å². The first kappa shape index (κ1) is 15.7. The smallest absolute Gasteiger partial charge is 0.144 e. The largest absolute Gasteiger partial charge is 0.345 e. The average Bonchev–Trinajstić information content (AvgIpc) is 2.41. The number of halogens is 2. The molecule has 0 spiro atoms. The van der Waals surface area contributed by atoms with Crippen molar-refractivity contribution in [1.82, 2.24) is 9.97 Å². The van der Waals surface area contributed by atoms with E-state index in [4.69, 9.17) is 12.2 Å². The van der Waals surface area contributed by atoms with Gasteiger partial charge in [-0.15, -0.1) is 11.8 Å². The summed E-state index contributed by atoms with van der Waals surface area (Å²) in [4.78, 5) is 8.22. The number of benzene rings is 1. The molecule has 0 atom stereocenters. The Morgan fingerprint density at radius 2 is 2.10 bits per heavy atom. The summed E-state index contributed by atoms with van der Waals surface area (Å²) in [7, 11) is 0. The van der Waals surface area contributed by atoms with Crippen molar-refractivity contribution in [2.45, 2.75) is 30.4 Å². The average molecular weight is 373 g/mol. The van der Waals surface area contributed by atoms with E-state index in [1.807, 2.05) is 6.07 Å². The van der Waals surface area contributed by atoms with E-state index in [1.165, 1.54) is 17.8 Å². The highest BCUT2D eigenvalue weighted by Crippen LogP contribution is 2.27. The summed E-state index contributed by atoms with van der Waals surface area (Å²) in [5.41, 5.74) is 1.02. The number of nitrogens with zero attached hydrogens (tertiary/aromatic N) is 1. The van der Waals surface area contributed by atoms with Crippen LogP contribution in [0.15, 0.2) is 33.6 Å². The third kappa shape index (κ3) is 3.68. The molecule has 106 valence electrons. The van der Waals surface area contributed by atoms with E-state index < -0.39 is 0 Å². The monoisotopic (exact) mass is 372 g/mol. The maximum Gasteiger partial charge on any atom is 0.144 e. The first-order valence-electron chi connectivity index (χ1n) is 6.15. The van der Waals surface area contributed by atoms with Crippen LogP contribution in [-0.2, 0) is 5.75 Å². The molecule has 0 bridgehead atoms. The van der Waals surface area contributed by atoms with Crippen LogP contribution in [0.25, 0.3) is 0 Å². The Balaban J connectivity index is 2.23. The van der Waals surface area contributed by atoms with Gasteiger partial charge in [-0.1, -0.05) is 38.2 Å². The predicted molar refractivity (Wildman–Crippen MR) is 87.2 cm³/mol. The quantitative estimate of drug-likeness (QED) is 0.570. The van der Waals surface area contributed by atoms with Gasteiger partial charge in [0.05, 0.1) is 10.2 Å². The van der Waals surface area contributed by atoms with Crippen molar-refractivity contribution in [1.29, 1.82) is 0 Å². The van der Waals surface area contributed by atoms with Gasteiger partial charge >= 0.3 is 0 Å². The molecule has 0 amide bonds. The van der Waals surface area contributed by atoms with Crippen molar-refractivity contribution in [3.63, 3.8) is 0 Å². The second-order valence-corrected chi connectivity index (χ2v) is 6.79. The Labute approximate surface area is 135 Å². The standard InChI is InChI=1S/C14H14BrFN2S2/c1-8(2)13-12(15)14(19)18-11(17-13)7-20-10-6-4-3-5-9(10)16/h3-6,8H,7H2,1-2H3,(H,17,18,19). The molecule has 2 aromatic rings. The first-order chi connectivity index (χ1) is 9.49. The molecule has 1 heterocycles. The fourth-order valence-electron chi connectivity index (χ4n) is 1.70. The fourth-order valence-corrected chi connectivity index (χ4v) is 3.37. The van der Waals surface area contributed by atoms with Crippen molar-refractivity contribution in [3.8, 4) is 0 Å². The van der Waals surface area contributed by atoms with Gasteiger partial charge in [0.1, 0.15) is 16.3 Å². The van der Waals surface area contributed by atoms with Crippen LogP contribution in [0.1, 0.15) is 31.3 Å². The molecule has 6 heteroatoms. The van der Waals surface area contributed by atoms with E-state index in [2.05, 4.69) is 39.7 Å². The van der Waals surface area contributed by atoms with Crippen LogP contribution in [0.3, 0.4) is 0 Å². The predicted octanol–water partition coefficient (Wildman–Crippen LogP) is 5.46. The highest BCUT2D eigenvalue weighted by molar-refractivity contribution is 9.10. The summed E-state index contributed by atoms with van der Waals surface area (Å²) in [6, 6.07) is 6.72. The van der Waals surface area contributed by atoms with E-state index in [1.54, 1.807) is 12.1 Å². The molecule has 0 fully saturated rings. The van der Waals surface area contributed by atoms with Crippen molar-refractivity contribution in [2.75, 3.05) is 0 Å². The lowest BCUT2D eigenvalue weighted by Crippen LogP contribution is -2.02. The summed E-state index contributed by atoms with van der Waals surface area (Å²) in [6.45, 7) is 4.16. The molecule has 2 nitrogen and oxygen atoms in total. The molecule has 20 heavy (non-hydrogen) atoms. The van der Waals surface area contributed by atoms with E-state index >= 15 is 0 Å². The number of nitrogens with one attached hydrogen (secondary N) is 1. The van der Waals surface area contributed by atoms with Gasteiger partial charge in [-0.25, -0.2) is 9.37 Å². The Kier molecular flexibility index (Phi) is 5.35. The Morgan fingerprint density at radius 3 is 2.75 bits per heavy atom. The molecule has 1 aromatic carbocycles. The zero-order valence-electron chi connectivity index (χ0n) is 11.1. The highest BCUT2D eigenvalue weighted by atomic mass is 79.9. The molecule has 1 N–H and O–H groups in total. The van der Waals surface area contributed by atoms with Gasteiger partial charge in [-0.2, -0.15) is 0 Å². The Bertz CT molecular complexity index is 670. The topological polar surface area (TPSA) is 28.7 Å². The van der Waals surface area contributed by atoms with Crippen molar-refractivity contribution in [2.24, 2.45) is 0 Å². The molecule has 0 saturated carbocycles. The van der Waals surface area contributed by atoms with E-state index in [0.29, 0.717) is 21.2 Å². The van der Waals surface area contributed by atoms with E-state index in [0.717, 1.165) is 16.0 Å². The van der Waals surface area contributed by atoms with Crippen molar-refractivity contribution < 1.29 is 4.39 Å². The molecule has 0 aliphatic heterocycles. The minimum Gasteiger partial charge on any atom is -0.345 e. The number of hydrogen-bond donors (Lipinski definition) is 1. The van der Waals surface area contributed by atoms with Gasteiger partial charge in [0.2, 0.25) is 0 Å². The van der Waals surface area contributed by atoms with Crippen LogP contribution < -0.4 is 0 Å². The molecule has 1 aromatic heterocycles. The van der Waals surface area contributed by atoms with Gasteiger partial charge < -0.3 is 4.98 Å². The number of aromatic nitrogens is 2.